The monoisotopic (exact) mass is 400 g/mol. The van der Waals surface area contributed by atoms with Crippen molar-refractivity contribution in [2.24, 2.45) is 0 Å². The summed E-state index contributed by atoms with van der Waals surface area (Å²) in [7, 11) is -2.18. The average molecular weight is 400 g/mol. The van der Waals surface area contributed by atoms with Gasteiger partial charge < -0.3 is 10.6 Å². The van der Waals surface area contributed by atoms with Gasteiger partial charge >= 0.3 is 0 Å². The van der Waals surface area contributed by atoms with Crippen LogP contribution < -0.4 is 15.4 Å². The predicted molar refractivity (Wildman–Crippen MR) is 103 cm³/mol. The molecule has 0 atom stereocenters. The lowest BCUT2D eigenvalue weighted by molar-refractivity contribution is 0.0948. The van der Waals surface area contributed by atoms with Gasteiger partial charge in [0.25, 0.3) is 11.8 Å². The zero-order chi connectivity index (χ0) is 20.6. The highest BCUT2D eigenvalue weighted by molar-refractivity contribution is 7.89. The van der Waals surface area contributed by atoms with Gasteiger partial charge in [-0.1, -0.05) is 12.1 Å². The Kier molecular flexibility index (Phi) is 7.26. The van der Waals surface area contributed by atoms with Crippen LogP contribution in [0, 0.1) is 11.3 Å². The lowest BCUT2D eigenvalue weighted by atomic mass is 10.1. The molecule has 0 saturated carbocycles. The Bertz CT molecular complexity index is 995. The maximum atomic E-state index is 12.3. The summed E-state index contributed by atoms with van der Waals surface area (Å²) in [6, 6.07) is 14.2. The van der Waals surface area contributed by atoms with E-state index in [9.17, 15) is 18.0 Å². The first-order chi connectivity index (χ1) is 13.4. The molecule has 0 bridgehead atoms. The van der Waals surface area contributed by atoms with Crippen molar-refractivity contribution in [1.29, 1.82) is 5.26 Å². The molecule has 0 spiro atoms. The van der Waals surface area contributed by atoms with E-state index in [1.54, 1.807) is 31.3 Å². The van der Waals surface area contributed by atoms with Crippen LogP contribution in [-0.2, 0) is 16.6 Å². The molecule has 9 heteroatoms. The van der Waals surface area contributed by atoms with Gasteiger partial charge in [0.1, 0.15) is 0 Å². The Hall–Kier alpha value is -3.22. The number of carbonyl (C=O) groups excluding carboxylic acids is 2. The van der Waals surface area contributed by atoms with Gasteiger partial charge in [-0.2, -0.15) is 5.26 Å². The van der Waals surface area contributed by atoms with Crippen molar-refractivity contribution in [3.63, 3.8) is 0 Å². The number of hydrogen-bond acceptors (Lipinski definition) is 5. The summed E-state index contributed by atoms with van der Waals surface area (Å²) >= 11 is 0. The second kappa shape index (κ2) is 9.64. The van der Waals surface area contributed by atoms with E-state index in [0.29, 0.717) is 11.1 Å². The number of benzene rings is 2. The third-order valence-electron chi connectivity index (χ3n) is 3.82. The Balaban J connectivity index is 2.00. The van der Waals surface area contributed by atoms with Crippen molar-refractivity contribution in [2.45, 2.75) is 17.9 Å². The van der Waals surface area contributed by atoms with Crippen molar-refractivity contribution in [3.8, 4) is 6.07 Å². The molecule has 0 saturated heterocycles. The lowest BCUT2D eigenvalue weighted by Gasteiger charge is -2.08. The molecule has 146 valence electrons. The maximum absolute atomic E-state index is 12.3. The van der Waals surface area contributed by atoms with Crippen LogP contribution in [0.4, 0.5) is 0 Å². The first-order valence-electron chi connectivity index (χ1n) is 8.43. The van der Waals surface area contributed by atoms with E-state index >= 15 is 0 Å². The van der Waals surface area contributed by atoms with Crippen molar-refractivity contribution in [3.05, 3.63) is 65.2 Å². The molecule has 0 aliphatic carbocycles. The number of nitrogens with zero attached hydrogens (tertiary/aromatic N) is 1. The Labute approximate surface area is 163 Å². The minimum atomic E-state index is -3.72. The maximum Gasteiger partial charge on any atom is 0.251 e. The van der Waals surface area contributed by atoms with E-state index in [0.717, 1.165) is 5.56 Å². The molecule has 0 fully saturated rings. The largest absolute Gasteiger partial charge is 0.355 e. The summed E-state index contributed by atoms with van der Waals surface area (Å²) in [5.74, 6) is -0.583. The Morgan fingerprint density at radius 3 is 2.39 bits per heavy atom. The van der Waals surface area contributed by atoms with Crippen molar-refractivity contribution < 1.29 is 18.0 Å². The average Bonchev–Trinajstić information content (AvgIpc) is 2.71. The summed E-state index contributed by atoms with van der Waals surface area (Å²) in [6.45, 7) is 0.246. The molecule has 0 aliphatic rings. The van der Waals surface area contributed by atoms with Gasteiger partial charge in [-0.3, -0.25) is 9.59 Å². The van der Waals surface area contributed by atoms with E-state index in [1.807, 2.05) is 6.07 Å². The number of nitriles is 1. The molecule has 2 rings (SSSR count). The number of rotatable bonds is 8. The summed E-state index contributed by atoms with van der Waals surface area (Å²) in [5, 5.41) is 13.7. The van der Waals surface area contributed by atoms with Crippen LogP contribution in [0.2, 0.25) is 0 Å². The van der Waals surface area contributed by atoms with E-state index in [2.05, 4.69) is 15.4 Å². The van der Waals surface area contributed by atoms with E-state index in [4.69, 9.17) is 5.26 Å². The van der Waals surface area contributed by atoms with Gasteiger partial charge in [0.05, 0.1) is 11.0 Å². The van der Waals surface area contributed by atoms with Crippen molar-refractivity contribution in [2.75, 3.05) is 13.6 Å². The first-order valence-corrected chi connectivity index (χ1v) is 9.91. The number of carbonyl (C=O) groups is 2. The minimum Gasteiger partial charge on any atom is -0.355 e. The smallest absolute Gasteiger partial charge is 0.251 e. The highest BCUT2D eigenvalue weighted by atomic mass is 32.2. The molecule has 28 heavy (non-hydrogen) atoms. The van der Waals surface area contributed by atoms with Gasteiger partial charge in [-0.05, 0) is 42.0 Å². The molecule has 2 amide bonds. The standard InChI is InChI=1S/C19H20N4O4S/c1-21-18(24)16-5-2-4-14(12-16)13-22-19(25)15-6-8-17(9-7-15)28(26,27)23-11-3-10-20/h2,4-9,12,23H,3,11,13H2,1H3,(H,21,24)(H,22,25). The quantitative estimate of drug-likeness (QED) is 0.573. The molecule has 0 aromatic heterocycles. The zero-order valence-electron chi connectivity index (χ0n) is 15.2. The fourth-order valence-corrected chi connectivity index (χ4v) is 3.39. The molecule has 2 aromatic carbocycles. The number of hydrogen-bond donors (Lipinski definition) is 3. The topological polar surface area (TPSA) is 128 Å². The molecule has 2 aromatic rings. The number of amides is 2. The first kappa shape index (κ1) is 21.1. The summed E-state index contributed by atoms with van der Waals surface area (Å²) in [5.41, 5.74) is 1.56. The van der Waals surface area contributed by atoms with Gasteiger partial charge in [0.2, 0.25) is 10.0 Å². The Morgan fingerprint density at radius 2 is 1.75 bits per heavy atom. The van der Waals surface area contributed by atoms with E-state index < -0.39 is 10.0 Å². The van der Waals surface area contributed by atoms with Crippen LogP contribution in [0.25, 0.3) is 0 Å². The van der Waals surface area contributed by atoms with Gasteiger partial charge in [0, 0.05) is 37.7 Å². The molecule has 0 radical (unpaired) electrons. The normalized spacial score (nSPS) is 10.7. The van der Waals surface area contributed by atoms with Crippen molar-refractivity contribution >= 4 is 21.8 Å². The molecule has 3 N–H and O–H groups in total. The highest BCUT2D eigenvalue weighted by Crippen LogP contribution is 2.11. The zero-order valence-corrected chi connectivity index (χ0v) is 16.0. The lowest BCUT2D eigenvalue weighted by Crippen LogP contribution is -2.25. The van der Waals surface area contributed by atoms with Gasteiger partial charge in [0.15, 0.2) is 0 Å². The number of sulfonamides is 1. The molecule has 8 nitrogen and oxygen atoms in total. The Morgan fingerprint density at radius 1 is 1.04 bits per heavy atom. The third-order valence-corrected chi connectivity index (χ3v) is 5.30. The second-order valence-electron chi connectivity index (χ2n) is 5.79. The van der Waals surface area contributed by atoms with Crippen LogP contribution in [0.3, 0.4) is 0 Å². The highest BCUT2D eigenvalue weighted by Gasteiger charge is 2.14. The number of nitrogens with one attached hydrogen (secondary N) is 3. The van der Waals surface area contributed by atoms with Crippen molar-refractivity contribution in [1.82, 2.24) is 15.4 Å². The summed E-state index contributed by atoms with van der Waals surface area (Å²) in [4.78, 5) is 23.9. The van der Waals surface area contributed by atoms with Crippen LogP contribution in [0.5, 0.6) is 0 Å². The van der Waals surface area contributed by atoms with Crippen LogP contribution in [-0.4, -0.2) is 33.8 Å². The molecular weight excluding hydrogens is 380 g/mol. The predicted octanol–water partition coefficient (Wildman–Crippen LogP) is 1.17. The molecular formula is C19H20N4O4S. The summed E-state index contributed by atoms with van der Waals surface area (Å²) in [6.07, 6.45) is 0.0703. The fourth-order valence-electron chi connectivity index (χ4n) is 2.36. The third kappa shape index (κ3) is 5.64. The van der Waals surface area contributed by atoms with Gasteiger partial charge in [-0.25, -0.2) is 13.1 Å². The second-order valence-corrected chi connectivity index (χ2v) is 7.56. The SMILES string of the molecule is CNC(=O)c1cccc(CNC(=O)c2ccc(S(=O)(=O)NCCC#N)cc2)c1. The van der Waals surface area contributed by atoms with Crippen LogP contribution in [0.15, 0.2) is 53.4 Å². The van der Waals surface area contributed by atoms with E-state index in [1.165, 1.54) is 24.3 Å². The summed E-state index contributed by atoms with van der Waals surface area (Å²) < 4.78 is 26.4. The molecule has 0 heterocycles. The molecule has 0 aliphatic heterocycles. The van der Waals surface area contributed by atoms with Crippen LogP contribution in [0.1, 0.15) is 32.7 Å². The van der Waals surface area contributed by atoms with Gasteiger partial charge in [-0.15, -0.1) is 0 Å². The molecule has 0 unspecified atom stereocenters. The van der Waals surface area contributed by atoms with Crippen LogP contribution >= 0.6 is 0 Å². The minimum absolute atomic E-state index is 0.0141. The van der Waals surface area contributed by atoms with E-state index in [-0.39, 0.29) is 36.2 Å². The fraction of sp³-hybridized carbons (Fsp3) is 0.211.